The molecule has 1 aromatic heterocycles. The molecule has 112 valence electrons. The summed E-state index contributed by atoms with van der Waals surface area (Å²) in [5.74, 6) is 2.15. The Hall–Kier alpha value is -1.20. The first kappa shape index (κ1) is 14.7. The summed E-state index contributed by atoms with van der Waals surface area (Å²) in [6.45, 7) is 7.20. The maximum atomic E-state index is 5.60. The van der Waals surface area contributed by atoms with Gasteiger partial charge in [-0.2, -0.15) is 4.57 Å². The van der Waals surface area contributed by atoms with E-state index in [-0.39, 0.29) is 0 Å². The minimum Gasteiger partial charge on any atom is -0.494 e. The van der Waals surface area contributed by atoms with Crippen LogP contribution in [0.1, 0.15) is 18.9 Å². The molecule has 2 aromatic rings. The zero-order valence-electron chi connectivity index (χ0n) is 12.8. The molecule has 1 aliphatic heterocycles. The van der Waals surface area contributed by atoms with Crippen LogP contribution < -0.4 is 9.30 Å². The van der Waals surface area contributed by atoms with E-state index in [4.69, 9.17) is 4.74 Å². The lowest BCUT2D eigenvalue weighted by Crippen LogP contribution is -2.29. The molecule has 0 unspecified atom stereocenters. The second-order valence-electron chi connectivity index (χ2n) is 4.97. The molecule has 3 nitrogen and oxygen atoms in total. The van der Waals surface area contributed by atoms with Gasteiger partial charge in [-0.1, -0.05) is 11.3 Å². The van der Waals surface area contributed by atoms with Gasteiger partial charge >= 0.3 is 0 Å². The molecule has 0 saturated carbocycles. The van der Waals surface area contributed by atoms with Crippen molar-refractivity contribution in [3.8, 4) is 5.75 Å². The monoisotopic (exact) mass is 321 g/mol. The van der Waals surface area contributed by atoms with Gasteiger partial charge in [0.25, 0.3) is 5.01 Å². The highest BCUT2D eigenvalue weighted by molar-refractivity contribution is 8.03. The minimum absolute atomic E-state index is 0.710. The van der Waals surface area contributed by atoms with Crippen molar-refractivity contribution in [2.75, 3.05) is 25.4 Å². The molecule has 21 heavy (non-hydrogen) atoms. The van der Waals surface area contributed by atoms with Crippen LogP contribution in [0.3, 0.4) is 0 Å². The summed E-state index contributed by atoms with van der Waals surface area (Å²) in [6.07, 6.45) is 2.33. The molecule has 2 heterocycles. The number of nitrogens with zero attached hydrogens (tertiary/aromatic N) is 2. The van der Waals surface area contributed by atoms with E-state index in [2.05, 4.69) is 47.7 Å². The van der Waals surface area contributed by atoms with Gasteiger partial charge in [0.2, 0.25) is 5.52 Å². The summed E-state index contributed by atoms with van der Waals surface area (Å²) in [6, 6.07) is 6.35. The van der Waals surface area contributed by atoms with Crippen LogP contribution in [0.15, 0.2) is 23.2 Å². The topological polar surface area (TPSA) is 16.4 Å². The molecule has 0 N–H and O–H groups in total. The fraction of sp³-hybridized carbons (Fsp3) is 0.438. The van der Waals surface area contributed by atoms with Crippen molar-refractivity contribution in [1.82, 2.24) is 4.90 Å². The number of thioether (sulfide) groups is 1. The maximum Gasteiger partial charge on any atom is 0.265 e. The summed E-state index contributed by atoms with van der Waals surface area (Å²) < 4.78 is 9.15. The lowest BCUT2D eigenvalue weighted by molar-refractivity contribution is -0.642. The zero-order chi connectivity index (χ0) is 14.8. The Bertz CT molecular complexity index is 678. The molecule has 0 aliphatic carbocycles. The highest BCUT2D eigenvalue weighted by Crippen LogP contribution is 2.32. The van der Waals surface area contributed by atoms with E-state index in [9.17, 15) is 0 Å². The number of aromatic nitrogens is 1. The van der Waals surface area contributed by atoms with Crippen LogP contribution in [0.4, 0.5) is 0 Å². The largest absolute Gasteiger partial charge is 0.494 e. The average molecular weight is 321 g/mol. The van der Waals surface area contributed by atoms with Crippen LogP contribution >= 0.6 is 23.1 Å². The molecular formula is C16H21N2OS2+. The van der Waals surface area contributed by atoms with Gasteiger partial charge in [0.1, 0.15) is 17.5 Å². The molecule has 1 aliphatic rings. The third-order valence-corrected chi connectivity index (χ3v) is 5.91. The molecule has 5 heteroatoms. The van der Waals surface area contributed by atoms with Crippen LogP contribution in [0, 0.1) is 0 Å². The van der Waals surface area contributed by atoms with Crippen molar-refractivity contribution in [2.24, 2.45) is 7.05 Å². The molecular weight excluding hydrogens is 300 g/mol. The summed E-state index contributed by atoms with van der Waals surface area (Å²) in [7, 11) is 2.14. The van der Waals surface area contributed by atoms with Gasteiger partial charge < -0.3 is 9.64 Å². The lowest BCUT2D eigenvalue weighted by Gasteiger charge is -2.14. The molecule has 1 aromatic carbocycles. The zero-order valence-corrected chi connectivity index (χ0v) is 14.4. The molecule has 1 saturated heterocycles. The average Bonchev–Trinajstić information content (AvgIpc) is 3.05. The highest BCUT2D eigenvalue weighted by atomic mass is 32.2. The number of aryl methyl sites for hydroxylation is 1. The first-order valence-electron chi connectivity index (χ1n) is 7.37. The third kappa shape index (κ3) is 2.90. The fourth-order valence-electron chi connectivity index (χ4n) is 2.55. The number of rotatable bonds is 4. The number of thiazole rings is 1. The maximum absolute atomic E-state index is 5.60. The van der Waals surface area contributed by atoms with Crippen molar-refractivity contribution in [3.63, 3.8) is 0 Å². The Morgan fingerprint density at radius 3 is 3.00 bits per heavy atom. The molecule has 0 spiro atoms. The predicted molar refractivity (Wildman–Crippen MR) is 91.9 cm³/mol. The van der Waals surface area contributed by atoms with Crippen molar-refractivity contribution < 1.29 is 9.30 Å². The molecule has 0 radical (unpaired) electrons. The Morgan fingerprint density at radius 1 is 1.38 bits per heavy atom. The van der Waals surface area contributed by atoms with Gasteiger partial charge in [0.15, 0.2) is 0 Å². The van der Waals surface area contributed by atoms with Crippen molar-refractivity contribution in [3.05, 3.63) is 28.2 Å². The lowest BCUT2D eigenvalue weighted by atomic mass is 10.3. The summed E-state index contributed by atoms with van der Waals surface area (Å²) in [5, 5.41) is 2.69. The Labute approximate surface area is 134 Å². The number of benzene rings is 1. The normalized spacial score (nSPS) is 17.1. The molecule has 0 bridgehead atoms. The standard InChI is InChI=1S/C16H21N2OS2/c1-4-18-8-9-20-16(18)11-15-17(3)13-7-6-12(19-5-2)10-14(13)21-15/h6-7,10-11H,4-5,8-9H2,1-3H3/q+1. The Balaban J connectivity index is 1.99. The number of hydrogen-bond donors (Lipinski definition) is 0. The van der Waals surface area contributed by atoms with E-state index in [1.54, 1.807) is 0 Å². The van der Waals surface area contributed by atoms with Crippen LogP contribution in [0.25, 0.3) is 16.3 Å². The molecule has 0 atom stereocenters. The number of hydrogen-bond acceptors (Lipinski definition) is 4. The Kier molecular flexibility index (Phi) is 4.40. The smallest absolute Gasteiger partial charge is 0.265 e. The van der Waals surface area contributed by atoms with Crippen LogP contribution in [0.2, 0.25) is 0 Å². The fourth-order valence-corrected chi connectivity index (χ4v) is 4.86. The first-order valence-corrected chi connectivity index (χ1v) is 9.18. The second-order valence-corrected chi connectivity index (χ2v) is 7.15. The highest BCUT2D eigenvalue weighted by Gasteiger charge is 2.21. The van der Waals surface area contributed by atoms with Crippen molar-refractivity contribution in [2.45, 2.75) is 13.8 Å². The van der Waals surface area contributed by atoms with Crippen molar-refractivity contribution >= 4 is 39.4 Å². The van der Waals surface area contributed by atoms with E-state index in [1.165, 1.54) is 26.0 Å². The SMILES string of the molecule is CCOc1ccc2c(c1)sc(C=C1SCCN1CC)[n+]2C. The van der Waals surface area contributed by atoms with Crippen molar-refractivity contribution in [1.29, 1.82) is 0 Å². The molecule has 3 rings (SSSR count). The van der Waals surface area contributed by atoms with Gasteiger partial charge in [0, 0.05) is 31.0 Å². The predicted octanol–water partition coefficient (Wildman–Crippen LogP) is 3.49. The van der Waals surface area contributed by atoms with Gasteiger partial charge in [-0.3, -0.25) is 0 Å². The number of fused-ring (bicyclic) bond motifs is 1. The van der Waals surface area contributed by atoms with Crippen LogP contribution in [0.5, 0.6) is 5.75 Å². The van der Waals surface area contributed by atoms with E-state index in [1.807, 2.05) is 30.0 Å². The van der Waals surface area contributed by atoms with Gasteiger partial charge in [-0.05, 0) is 19.9 Å². The third-order valence-electron chi connectivity index (χ3n) is 3.70. The van der Waals surface area contributed by atoms with E-state index < -0.39 is 0 Å². The summed E-state index contributed by atoms with van der Waals surface area (Å²) in [4.78, 5) is 2.45. The second kappa shape index (κ2) is 6.28. The van der Waals surface area contributed by atoms with Gasteiger partial charge in [-0.25, -0.2) is 0 Å². The quantitative estimate of drug-likeness (QED) is 0.802. The van der Waals surface area contributed by atoms with Crippen LogP contribution in [-0.4, -0.2) is 30.3 Å². The summed E-state index contributed by atoms with van der Waals surface area (Å²) >= 11 is 3.79. The van der Waals surface area contributed by atoms with Crippen LogP contribution in [-0.2, 0) is 7.05 Å². The first-order chi connectivity index (χ1) is 10.2. The van der Waals surface area contributed by atoms with E-state index >= 15 is 0 Å². The van der Waals surface area contributed by atoms with E-state index in [0.29, 0.717) is 6.61 Å². The summed E-state index contributed by atoms with van der Waals surface area (Å²) in [5.41, 5.74) is 1.27. The van der Waals surface area contributed by atoms with Gasteiger partial charge in [0.05, 0.1) is 17.7 Å². The molecule has 1 fully saturated rings. The van der Waals surface area contributed by atoms with E-state index in [0.717, 1.165) is 18.8 Å². The Morgan fingerprint density at radius 2 is 2.24 bits per heavy atom. The number of ether oxygens (including phenoxy) is 1. The minimum atomic E-state index is 0.710. The van der Waals surface area contributed by atoms with Gasteiger partial charge in [-0.15, -0.1) is 11.8 Å². The molecule has 0 amide bonds.